The van der Waals surface area contributed by atoms with Gasteiger partial charge in [-0.2, -0.15) is 0 Å². The summed E-state index contributed by atoms with van der Waals surface area (Å²) in [5.74, 6) is 0.856. The average Bonchev–Trinajstić information content (AvgIpc) is 3.52. The van der Waals surface area contributed by atoms with Crippen LogP contribution in [0.4, 0.5) is 10.3 Å². The number of nitrogens with zero attached hydrogens (tertiary/aromatic N) is 4. The number of rotatable bonds is 4. The van der Waals surface area contributed by atoms with E-state index in [9.17, 15) is 12.8 Å². The van der Waals surface area contributed by atoms with Crippen molar-refractivity contribution in [3.8, 4) is 16.9 Å². The number of ether oxygens (including phenoxy) is 1. The van der Waals surface area contributed by atoms with Gasteiger partial charge in [0, 0.05) is 40.8 Å². The molecule has 0 amide bonds. The summed E-state index contributed by atoms with van der Waals surface area (Å²) < 4.78 is 46.9. The van der Waals surface area contributed by atoms with Crippen LogP contribution >= 0.6 is 0 Å². The second-order valence-electron chi connectivity index (χ2n) is 7.99. The molecule has 0 saturated heterocycles. The van der Waals surface area contributed by atoms with Gasteiger partial charge in [-0.05, 0) is 42.3 Å². The first kappa shape index (κ1) is 19.9. The van der Waals surface area contributed by atoms with Gasteiger partial charge in [0.1, 0.15) is 17.9 Å². The molecule has 10 heteroatoms. The molecule has 0 atom stereocenters. The number of benzene rings is 2. The number of allylic oxidation sites excluding steroid dienone is 1. The van der Waals surface area contributed by atoms with Crippen LogP contribution in [0.2, 0.25) is 0 Å². The third-order valence-corrected chi connectivity index (χ3v) is 7.99. The number of sulfone groups is 1. The third-order valence-electron chi connectivity index (χ3n) is 6.09. The molecule has 0 saturated carbocycles. The summed E-state index contributed by atoms with van der Waals surface area (Å²) in [6, 6.07) is 8.31. The fraction of sp³-hybridized carbons (Fsp3) is 0.174. The van der Waals surface area contributed by atoms with E-state index in [-0.39, 0.29) is 17.3 Å². The van der Waals surface area contributed by atoms with E-state index in [1.165, 1.54) is 12.4 Å². The fourth-order valence-electron chi connectivity index (χ4n) is 4.35. The fourth-order valence-corrected chi connectivity index (χ4v) is 5.70. The molecular formula is C23H18FN5O3S. The first-order valence-electron chi connectivity index (χ1n) is 10.4. The molecule has 4 aromatic rings. The third kappa shape index (κ3) is 3.01. The molecule has 2 aromatic heterocycles. The smallest absolute Gasteiger partial charge is 0.210 e. The summed E-state index contributed by atoms with van der Waals surface area (Å²) in [7, 11) is -3.47. The number of aromatic nitrogens is 4. The maximum Gasteiger partial charge on any atom is 0.210 e. The van der Waals surface area contributed by atoms with Crippen LogP contribution in [0.1, 0.15) is 23.6 Å². The second-order valence-corrected chi connectivity index (χ2v) is 10.1. The standard InChI is InChI=1S/C23H18FN5O3S/c1-13-8-15-3-2-14(9-21(15)33(13,30)31)17-10-25-23(29-12-27-28-22(17)29)26-11-18-16-6-7-32-20(16)5-4-19(18)24/h2-5,8-10,12H,6-7,11H2,1H3,(H,25,26). The average molecular weight is 463 g/mol. The molecule has 1 N–H and O–H groups in total. The van der Waals surface area contributed by atoms with Crippen LogP contribution in [0, 0.1) is 5.82 Å². The Hall–Kier alpha value is -3.79. The van der Waals surface area contributed by atoms with E-state index < -0.39 is 9.84 Å². The van der Waals surface area contributed by atoms with Gasteiger partial charge in [-0.3, -0.25) is 4.40 Å². The highest BCUT2D eigenvalue weighted by atomic mass is 32.2. The van der Waals surface area contributed by atoms with E-state index in [0.717, 1.165) is 5.56 Å². The Morgan fingerprint density at radius 3 is 3.00 bits per heavy atom. The molecule has 2 aliphatic heterocycles. The Morgan fingerprint density at radius 2 is 2.12 bits per heavy atom. The molecule has 166 valence electrons. The zero-order valence-electron chi connectivity index (χ0n) is 17.5. The molecule has 0 fully saturated rings. The van der Waals surface area contributed by atoms with Crippen LogP contribution in [0.3, 0.4) is 0 Å². The molecule has 33 heavy (non-hydrogen) atoms. The summed E-state index contributed by atoms with van der Waals surface area (Å²) in [6.45, 7) is 2.35. The lowest BCUT2D eigenvalue weighted by molar-refractivity contribution is 0.356. The van der Waals surface area contributed by atoms with Crippen molar-refractivity contribution < 1.29 is 17.5 Å². The number of hydrogen-bond acceptors (Lipinski definition) is 7. The molecule has 6 rings (SSSR count). The zero-order chi connectivity index (χ0) is 22.7. The van der Waals surface area contributed by atoms with Crippen molar-refractivity contribution in [2.75, 3.05) is 11.9 Å². The van der Waals surface area contributed by atoms with Gasteiger partial charge in [0.2, 0.25) is 15.8 Å². The normalized spacial score (nSPS) is 15.8. The van der Waals surface area contributed by atoms with Crippen molar-refractivity contribution in [2.45, 2.75) is 24.8 Å². The summed E-state index contributed by atoms with van der Waals surface area (Å²) in [5.41, 5.74) is 3.89. The van der Waals surface area contributed by atoms with E-state index in [1.54, 1.807) is 41.8 Å². The minimum absolute atomic E-state index is 0.222. The Kier molecular flexibility index (Phi) is 4.28. The van der Waals surface area contributed by atoms with Crippen molar-refractivity contribution in [1.82, 2.24) is 19.6 Å². The van der Waals surface area contributed by atoms with E-state index in [4.69, 9.17) is 4.74 Å². The van der Waals surface area contributed by atoms with Crippen molar-refractivity contribution >= 4 is 27.5 Å². The number of fused-ring (bicyclic) bond motifs is 3. The van der Waals surface area contributed by atoms with Gasteiger partial charge in [-0.25, -0.2) is 17.8 Å². The van der Waals surface area contributed by atoms with Crippen molar-refractivity contribution in [3.63, 3.8) is 0 Å². The van der Waals surface area contributed by atoms with Crippen LogP contribution in [0.15, 0.2) is 52.7 Å². The lowest BCUT2D eigenvalue weighted by Gasteiger charge is -2.13. The molecule has 2 aliphatic rings. The minimum atomic E-state index is -3.47. The van der Waals surface area contributed by atoms with Crippen LogP contribution in [-0.4, -0.2) is 34.6 Å². The van der Waals surface area contributed by atoms with Crippen molar-refractivity contribution in [1.29, 1.82) is 0 Å². The second kappa shape index (κ2) is 7.11. The number of hydrogen-bond donors (Lipinski definition) is 1. The summed E-state index contributed by atoms with van der Waals surface area (Å²) in [6.07, 6.45) is 5.45. The van der Waals surface area contributed by atoms with Crippen LogP contribution in [-0.2, 0) is 22.8 Å². The minimum Gasteiger partial charge on any atom is -0.493 e. The SMILES string of the molecule is CC1=Cc2ccc(-c3cnc(NCc4c(F)ccc5c4CCO5)n4cnnc34)cc2S1(=O)=O. The maximum atomic E-state index is 14.5. The molecular weight excluding hydrogens is 445 g/mol. The van der Waals surface area contributed by atoms with Crippen molar-refractivity contribution in [2.24, 2.45) is 0 Å². The monoisotopic (exact) mass is 463 g/mol. The highest BCUT2D eigenvalue weighted by Gasteiger charge is 2.27. The van der Waals surface area contributed by atoms with Crippen LogP contribution in [0.5, 0.6) is 5.75 Å². The van der Waals surface area contributed by atoms with Gasteiger partial charge in [-0.15, -0.1) is 10.2 Å². The highest BCUT2D eigenvalue weighted by Crippen LogP contribution is 2.36. The largest absolute Gasteiger partial charge is 0.493 e. The van der Waals surface area contributed by atoms with Gasteiger partial charge in [0.25, 0.3) is 0 Å². The van der Waals surface area contributed by atoms with Gasteiger partial charge in [-0.1, -0.05) is 12.1 Å². The molecule has 0 unspecified atom stereocenters. The summed E-state index contributed by atoms with van der Waals surface area (Å²) in [4.78, 5) is 5.09. The van der Waals surface area contributed by atoms with Crippen LogP contribution < -0.4 is 10.1 Å². The number of nitrogens with one attached hydrogen (secondary N) is 1. The van der Waals surface area contributed by atoms with Gasteiger partial charge in [0.15, 0.2) is 5.65 Å². The van der Waals surface area contributed by atoms with Gasteiger partial charge >= 0.3 is 0 Å². The first-order valence-corrected chi connectivity index (χ1v) is 11.9. The Bertz CT molecular complexity index is 1590. The highest BCUT2D eigenvalue weighted by molar-refractivity contribution is 7.95. The Labute approximate surface area is 188 Å². The molecule has 0 radical (unpaired) electrons. The molecule has 0 bridgehead atoms. The molecule has 8 nitrogen and oxygen atoms in total. The molecule has 2 aromatic carbocycles. The Morgan fingerprint density at radius 1 is 1.24 bits per heavy atom. The van der Waals surface area contributed by atoms with Crippen LogP contribution in [0.25, 0.3) is 22.9 Å². The van der Waals surface area contributed by atoms with E-state index in [1.807, 2.05) is 6.07 Å². The van der Waals surface area contributed by atoms with Gasteiger partial charge in [0.05, 0.1) is 11.5 Å². The predicted octanol–water partition coefficient (Wildman–Crippen LogP) is 3.63. The van der Waals surface area contributed by atoms with E-state index in [0.29, 0.717) is 57.5 Å². The zero-order valence-corrected chi connectivity index (χ0v) is 18.4. The lowest BCUT2D eigenvalue weighted by atomic mass is 10.0. The van der Waals surface area contributed by atoms with E-state index in [2.05, 4.69) is 20.5 Å². The number of anilines is 1. The quantitative estimate of drug-likeness (QED) is 0.494. The van der Waals surface area contributed by atoms with Gasteiger partial charge < -0.3 is 10.1 Å². The molecule has 4 heterocycles. The predicted molar refractivity (Wildman–Crippen MR) is 120 cm³/mol. The van der Waals surface area contributed by atoms with E-state index >= 15 is 0 Å². The number of halogens is 1. The maximum absolute atomic E-state index is 14.5. The first-order chi connectivity index (χ1) is 15.9. The Balaban J connectivity index is 1.36. The summed E-state index contributed by atoms with van der Waals surface area (Å²) in [5, 5.41) is 11.4. The lowest BCUT2D eigenvalue weighted by Crippen LogP contribution is -2.09. The topological polar surface area (TPSA) is 98.5 Å². The van der Waals surface area contributed by atoms with Crippen molar-refractivity contribution in [3.05, 3.63) is 70.3 Å². The molecule has 0 spiro atoms. The molecule has 0 aliphatic carbocycles. The summed E-state index contributed by atoms with van der Waals surface area (Å²) >= 11 is 0.